The van der Waals surface area contributed by atoms with Crippen LogP contribution in [0.25, 0.3) is 0 Å². The lowest BCUT2D eigenvalue weighted by Gasteiger charge is -2.25. The Labute approximate surface area is 101 Å². The molecule has 0 saturated carbocycles. The van der Waals surface area contributed by atoms with E-state index in [4.69, 9.17) is 4.79 Å². The number of nitrogens with zero attached hydrogens (tertiary/aromatic N) is 1. The second-order valence-corrected chi connectivity index (χ2v) is 4.55. The Kier molecular flexibility index (Phi) is 9.54. The number of likely N-dealkylation sites (tertiary alicyclic amines) is 1. The molecule has 3 heteroatoms. The highest BCUT2D eigenvalue weighted by molar-refractivity contribution is 5.10. The van der Waals surface area contributed by atoms with Crippen LogP contribution in [0.4, 0.5) is 0 Å². The van der Waals surface area contributed by atoms with E-state index in [0.29, 0.717) is 6.04 Å². The van der Waals surface area contributed by atoms with Crippen molar-refractivity contribution in [3.63, 3.8) is 0 Å². The average molecular weight is 228 g/mol. The van der Waals surface area contributed by atoms with E-state index >= 15 is 0 Å². The average Bonchev–Trinajstić information content (AvgIpc) is 2.77. The molecular weight excluding hydrogens is 200 g/mol. The van der Waals surface area contributed by atoms with Crippen molar-refractivity contribution in [3.8, 4) is 0 Å². The van der Waals surface area contributed by atoms with Gasteiger partial charge in [-0.25, -0.2) is 0 Å². The first-order valence-electron chi connectivity index (χ1n) is 6.54. The van der Waals surface area contributed by atoms with Crippen molar-refractivity contribution >= 4 is 6.79 Å². The third-order valence-corrected chi connectivity index (χ3v) is 3.32. The summed E-state index contributed by atoms with van der Waals surface area (Å²) in [6.45, 7) is 12.6. The third-order valence-electron chi connectivity index (χ3n) is 3.32. The first kappa shape index (κ1) is 15.6. The van der Waals surface area contributed by atoms with Crippen LogP contribution in [0.2, 0.25) is 0 Å². The Morgan fingerprint density at radius 3 is 2.69 bits per heavy atom. The van der Waals surface area contributed by atoms with E-state index in [9.17, 15) is 0 Å². The number of carbonyl (C=O) groups excluding carboxylic acids is 1. The molecule has 0 radical (unpaired) electrons. The van der Waals surface area contributed by atoms with Gasteiger partial charge in [0, 0.05) is 18.6 Å². The zero-order chi connectivity index (χ0) is 12.4. The van der Waals surface area contributed by atoms with E-state index in [-0.39, 0.29) is 0 Å². The minimum atomic E-state index is 0.680. The van der Waals surface area contributed by atoms with Crippen molar-refractivity contribution in [2.75, 3.05) is 19.6 Å². The third kappa shape index (κ3) is 5.61. The Bertz CT molecular complexity index is 164. The minimum Gasteiger partial charge on any atom is -0.313 e. The zero-order valence-electron chi connectivity index (χ0n) is 11.2. The summed E-state index contributed by atoms with van der Waals surface area (Å²) >= 11 is 0. The van der Waals surface area contributed by atoms with Crippen molar-refractivity contribution in [2.45, 2.75) is 58.5 Å². The predicted octanol–water partition coefficient (Wildman–Crippen LogP) is 2.06. The van der Waals surface area contributed by atoms with Gasteiger partial charge in [0.05, 0.1) is 0 Å². The van der Waals surface area contributed by atoms with E-state index in [1.807, 2.05) is 6.79 Å². The summed E-state index contributed by atoms with van der Waals surface area (Å²) in [4.78, 5) is 10.6. The Morgan fingerprint density at radius 2 is 2.12 bits per heavy atom. The van der Waals surface area contributed by atoms with Gasteiger partial charge < -0.3 is 10.1 Å². The van der Waals surface area contributed by atoms with E-state index in [0.717, 1.165) is 6.04 Å². The highest BCUT2D eigenvalue weighted by Crippen LogP contribution is 2.16. The molecule has 1 unspecified atom stereocenters. The fraction of sp³-hybridized carbons (Fsp3) is 0.923. The molecule has 16 heavy (non-hydrogen) atoms. The molecule has 2 atom stereocenters. The van der Waals surface area contributed by atoms with Crippen molar-refractivity contribution in [1.29, 1.82) is 0 Å². The molecule has 0 aromatic heterocycles. The van der Waals surface area contributed by atoms with Crippen LogP contribution in [0.3, 0.4) is 0 Å². The fourth-order valence-electron chi connectivity index (χ4n) is 2.19. The monoisotopic (exact) mass is 228 g/mol. The van der Waals surface area contributed by atoms with Gasteiger partial charge in [0.2, 0.25) is 0 Å². The molecule has 0 spiro atoms. The highest BCUT2D eigenvalue weighted by Gasteiger charge is 2.23. The Hall–Kier alpha value is -0.410. The first-order valence-corrected chi connectivity index (χ1v) is 6.54. The number of carbonyl (C=O) groups is 1. The quantitative estimate of drug-likeness (QED) is 0.755. The fourth-order valence-corrected chi connectivity index (χ4v) is 2.19. The van der Waals surface area contributed by atoms with Crippen molar-refractivity contribution in [3.05, 3.63) is 0 Å². The minimum absolute atomic E-state index is 0.680. The van der Waals surface area contributed by atoms with Crippen LogP contribution in [-0.2, 0) is 4.79 Å². The number of hydrogen-bond donors (Lipinski definition) is 1. The maximum absolute atomic E-state index is 8.00. The molecule has 0 aromatic carbocycles. The summed E-state index contributed by atoms with van der Waals surface area (Å²) in [5, 5.41) is 3.62. The molecule has 0 amide bonds. The van der Waals surface area contributed by atoms with E-state index in [1.54, 1.807) is 0 Å². The lowest BCUT2D eigenvalue weighted by Crippen LogP contribution is -2.41. The van der Waals surface area contributed by atoms with Gasteiger partial charge in [0.15, 0.2) is 0 Å². The topological polar surface area (TPSA) is 32.3 Å². The van der Waals surface area contributed by atoms with Gasteiger partial charge >= 0.3 is 0 Å². The standard InChI is InChI=1S/C12H26N2.CH2O/c1-4-8-14-9-6-7-12(14)10-13-11(3)5-2;1-2/h11-13H,4-10H2,1-3H3;1H2/t11?,12-;/m0./s1. The van der Waals surface area contributed by atoms with E-state index in [2.05, 4.69) is 31.0 Å². The van der Waals surface area contributed by atoms with Gasteiger partial charge in [-0.05, 0) is 45.7 Å². The molecule has 3 nitrogen and oxygen atoms in total. The van der Waals surface area contributed by atoms with Crippen LogP contribution >= 0.6 is 0 Å². The SMILES string of the molecule is C=O.CCCN1CCC[C@H]1CNC(C)CC. The van der Waals surface area contributed by atoms with Gasteiger partial charge in [-0.3, -0.25) is 4.90 Å². The largest absolute Gasteiger partial charge is 0.313 e. The molecule has 1 fully saturated rings. The van der Waals surface area contributed by atoms with Gasteiger partial charge in [-0.15, -0.1) is 0 Å². The lowest BCUT2D eigenvalue weighted by molar-refractivity contribution is -0.0979. The van der Waals surface area contributed by atoms with Crippen LogP contribution in [0.1, 0.15) is 46.5 Å². The molecule has 1 saturated heterocycles. The zero-order valence-corrected chi connectivity index (χ0v) is 11.2. The van der Waals surface area contributed by atoms with Gasteiger partial charge in [-0.2, -0.15) is 0 Å². The molecule has 0 aliphatic carbocycles. The molecule has 96 valence electrons. The second kappa shape index (κ2) is 9.79. The summed E-state index contributed by atoms with van der Waals surface area (Å²) in [6.07, 6.45) is 5.32. The summed E-state index contributed by atoms with van der Waals surface area (Å²) in [6, 6.07) is 1.49. The summed E-state index contributed by atoms with van der Waals surface area (Å²) in [5.74, 6) is 0. The predicted molar refractivity (Wildman–Crippen MR) is 69.8 cm³/mol. The van der Waals surface area contributed by atoms with E-state index in [1.165, 1.54) is 45.3 Å². The lowest BCUT2D eigenvalue weighted by atomic mass is 10.2. The van der Waals surface area contributed by atoms with Crippen LogP contribution in [0.5, 0.6) is 0 Å². The van der Waals surface area contributed by atoms with Crippen LogP contribution < -0.4 is 5.32 Å². The number of nitrogens with one attached hydrogen (secondary N) is 1. The molecule has 1 N–H and O–H groups in total. The second-order valence-electron chi connectivity index (χ2n) is 4.55. The van der Waals surface area contributed by atoms with Gasteiger partial charge in [-0.1, -0.05) is 13.8 Å². The summed E-state index contributed by atoms with van der Waals surface area (Å²) < 4.78 is 0. The smallest absolute Gasteiger partial charge is 0.106 e. The normalized spacial score (nSPS) is 22.6. The molecule has 1 aliphatic rings. The van der Waals surface area contributed by atoms with Crippen LogP contribution in [0.15, 0.2) is 0 Å². The van der Waals surface area contributed by atoms with Crippen LogP contribution in [-0.4, -0.2) is 43.4 Å². The molecule has 1 heterocycles. The Balaban J connectivity index is 0.00000106. The summed E-state index contributed by atoms with van der Waals surface area (Å²) in [7, 11) is 0. The molecule has 1 rings (SSSR count). The Morgan fingerprint density at radius 1 is 1.44 bits per heavy atom. The maximum atomic E-state index is 8.00. The van der Waals surface area contributed by atoms with Gasteiger partial charge in [0.1, 0.15) is 6.79 Å². The highest BCUT2D eigenvalue weighted by atomic mass is 16.1. The van der Waals surface area contributed by atoms with Gasteiger partial charge in [0.25, 0.3) is 0 Å². The first-order chi connectivity index (χ1) is 7.77. The molecule has 0 bridgehead atoms. The van der Waals surface area contributed by atoms with Crippen molar-refractivity contribution < 1.29 is 4.79 Å². The molecular formula is C13H28N2O. The van der Waals surface area contributed by atoms with Crippen LogP contribution in [0, 0.1) is 0 Å². The summed E-state index contributed by atoms with van der Waals surface area (Å²) in [5.41, 5.74) is 0. The van der Waals surface area contributed by atoms with E-state index < -0.39 is 0 Å². The number of hydrogen-bond acceptors (Lipinski definition) is 3. The molecule has 1 aliphatic heterocycles. The van der Waals surface area contributed by atoms with Crippen molar-refractivity contribution in [2.24, 2.45) is 0 Å². The maximum Gasteiger partial charge on any atom is 0.106 e. The molecule has 0 aromatic rings. The number of rotatable bonds is 6. The van der Waals surface area contributed by atoms with Crippen molar-refractivity contribution in [1.82, 2.24) is 10.2 Å².